The van der Waals surface area contributed by atoms with Crippen molar-refractivity contribution < 1.29 is 14.9 Å². The van der Waals surface area contributed by atoms with E-state index >= 15 is 0 Å². The standard InChI is InChI=1S/C23H22ClN9O3/c1-2-33-30-20(29-31-33)18-16(34)17(35)22(36-18)32-11-26-15-19(27-23(24)28-21(15)32)25-10-13-8-5-7-12-6-3-4-9-14(12)13/h3-9,11,16-18,22,34-35H,2,10H2,1H3,(H,25,27,28)/t16-,17+,18-,22+/m0/s1. The Morgan fingerprint density at radius 2 is 1.92 bits per heavy atom. The largest absolute Gasteiger partial charge is 0.387 e. The van der Waals surface area contributed by atoms with Crippen LogP contribution in [0.15, 0.2) is 48.8 Å². The highest BCUT2D eigenvalue weighted by Gasteiger charge is 2.47. The van der Waals surface area contributed by atoms with Crippen LogP contribution in [0.25, 0.3) is 21.9 Å². The molecule has 0 bridgehead atoms. The lowest BCUT2D eigenvalue weighted by Gasteiger charge is -2.16. The van der Waals surface area contributed by atoms with E-state index in [2.05, 4.69) is 53.9 Å². The topological polar surface area (TPSA) is 149 Å². The number of halogens is 1. The molecule has 4 atom stereocenters. The molecule has 1 aliphatic heterocycles. The number of aryl methyl sites for hydroxylation is 1. The molecule has 6 rings (SSSR count). The zero-order valence-corrected chi connectivity index (χ0v) is 19.9. The minimum atomic E-state index is -1.29. The lowest BCUT2D eigenvalue weighted by molar-refractivity contribution is -0.0384. The van der Waals surface area contributed by atoms with E-state index in [0.717, 1.165) is 16.3 Å². The van der Waals surface area contributed by atoms with E-state index in [1.807, 2.05) is 31.2 Å². The summed E-state index contributed by atoms with van der Waals surface area (Å²) in [6.07, 6.45) is -3.06. The van der Waals surface area contributed by atoms with Crippen LogP contribution in [0, 0.1) is 0 Å². The summed E-state index contributed by atoms with van der Waals surface area (Å²) in [5.74, 6) is 0.620. The van der Waals surface area contributed by atoms with Crippen molar-refractivity contribution in [1.29, 1.82) is 0 Å². The number of fused-ring (bicyclic) bond motifs is 2. The zero-order chi connectivity index (χ0) is 24.8. The predicted molar refractivity (Wildman–Crippen MR) is 130 cm³/mol. The fourth-order valence-corrected chi connectivity index (χ4v) is 4.60. The van der Waals surface area contributed by atoms with Crippen LogP contribution < -0.4 is 5.32 Å². The molecule has 0 saturated carbocycles. The Hall–Kier alpha value is -3.71. The van der Waals surface area contributed by atoms with E-state index < -0.39 is 24.5 Å². The van der Waals surface area contributed by atoms with Crippen LogP contribution >= 0.6 is 11.6 Å². The first-order valence-corrected chi connectivity index (χ1v) is 11.8. The first kappa shape index (κ1) is 22.7. The fraction of sp³-hybridized carbons (Fsp3) is 0.304. The van der Waals surface area contributed by atoms with E-state index in [1.165, 1.54) is 15.7 Å². The van der Waals surface area contributed by atoms with E-state index in [1.54, 1.807) is 0 Å². The van der Waals surface area contributed by atoms with Crippen molar-refractivity contribution in [3.63, 3.8) is 0 Å². The molecule has 12 nitrogen and oxygen atoms in total. The number of rotatable bonds is 6. The summed E-state index contributed by atoms with van der Waals surface area (Å²) in [5.41, 5.74) is 1.88. The number of nitrogens with one attached hydrogen (secondary N) is 1. The molecule has 4 heterocycles. The fourth-order valence-electron chi connectivity index (χ4n) is 4.43. The number of anilines is 1. The molecule has 184 valence electrons. The van der Waals surface area contributed by atoms with Crippen molar-refractivity contribution in [1.82, 2.24) is 39.7 Å². The summed E-state index contributed by atoms with van der Waals surface area (Å²) in [6.45, 7) is 2.86. The predicted octanol–water partition coefficient (Wildman–Crippen LogP) is 2.24. The van der Waals surface area contributed by atoms with Crippen molar-refractivity contribution in [2.75, 3.05) is 5.32 Å². The van der Waals surface area contributed by atoms with Crippen LogP contribution in [-0.4, -0.2) is 62.1 Å². The van der Waals surface area contributed by atoms with Crippen molar-refractivity contribution in [3.05, 3.63) is 65.5 Å². The second kappa shape index (κ2) is 9.06. The van der Waals surface area contributed by atoms with E-state index in [-0.39, 0.29) is 11.1 Å². The molecule has 1 saturated heterocycles. The van der Waals surface area contributed by atoms with E-state index in [0.29, 0.717) is 30.1 Å². The summed E-state index contributed by atoms with van der Waals surface area (Å²) >= 11 is 6.26. The van der Waals surface area contributed by atoms with Crippen LogP contribution in [0.5, 0.6) is 0 Å². The van der Waals surface area contributed by atoms with Gasteiger partial charge in [-0.05, 0) is 40.1 Å². The summed E-state index contributed by atoms with van der Waals surface area (Å²) in [5, 5.41) is 39.0. The van der Waals surface area contributed by atoms with Crippen molar-refractivity contribution in [2.45, 2.75) is 44.6 Å². The van der Waals surface area contributed by atoms with Crippen molar-refractivity contribution in [3.8, 4) is 0 Å². The molecular formula is C23H22ClN9O3. The third-order valence-electron chi connectivity index (χ3n) is 6.24. The average Bonchev–Trinajstić information content (AvgIpc) is 3.61. The van der Waals surface area contributed by atoms with E-state index in [9.17, 15) is 10.2 Å². The molecular weight excluding hydrogens is 486 g/mol. The molecule has 0 spiro atoms. The van der Waals surface area contributed by atoms with Gasteiger partial charge in [0.05, 0.1) is 12.9 Å². The Morgan fingerprint density at radius 3 is 2.75 bits per heavy atom. The highest BCUT2D eigenvalue weighted by Crippen LogP contribution is 2.39. The molecule has 0 aliphatic carbocycles. The Balaban J connectivity index is 1.31. The van der Waals surface area contributed by atoms with E-state index in [4.69, 9.17) is 16.3 Å². The zero-order valence-electron chi connectivity index (χ0n) is 19.1. The lowest BCUT2D eigenvalue weighted by Crippen LogP contribution is -2.29. The van der Waals surface area contributed by atoms with Gasteiger partial charge in [-0.1, -0.05) is 42.5 Å². The molecule has 0 unspecified atom stereocenters. The number of aromatic nitrogens is 8. The van der Waals surface area contributed by atoms with Crippen molar-refractivity contribution in [2.24, 2.45) is 0 Å². The Kier molecular flexibility index (Phi) is 5.72. The number of ether oxygens (including phenoxy) is 1. The number of aliphatic hydroxyl groups excluding tert-OH is 2. The summed E-state index contributed by atoms with van der Waals surface area (Å²) in [4.78, 5) is 14.5. The summed E-state index contributed by atoms with van der Waals surface area (Å²) in [6, 6.07) is 14.2. The minimum Gasteiger partial charge on any atom is -0.387 e. The second-order valence-corrected chi connectivity index (χ2v) is 8.76. The quantitative estimate of drug-likeness (QED) is 0.292. The third kappa shape index (κ3) is 3.84. The normalized spacial score (nSPS) is 22.0. The smallest absolute Gasteiger partial charge is 0.226 e. The Bertz CT molecular complexity index is 1550. The highest BCUT2D eigenvalue weighted by atomic mass is 35.5. The molecule has 0 amide bonds. The first-order chi connectivity index (χ1) is 17.5. The van der Waals surface area contributed by atoms with Gasteiger partial charge >= 0.3 is 0 Å². The van der Waals surface area contributed by atoms with Gasteiger partial charge in [0.25, 0.3) is 0 Å². The number of nitrogens with zero attached hydrogens (tertiary/aromatic N) is 8. The molecule has 5 aromatic rings. The van der Waals surface area contributed by atoms with Crippen LogP contribution in [0.3, 0.4) is 0 Å². The number of hydrogen-bond donors (Lipinski definition) is 3. The molecule has 1 fully saturated rings. The van der Waals surface area contributed by atoms with Gasteiger partial charge in [0.2, 0.25) is 11.1 Å². The maximum absolute atomic E-state index is 10.8. The highest BCUT2D eigenvalue weighted by molar-refractivity contribution is 6.28. The molecule has 0 radical (unpaired) electrons. The number of tetrazole rings is 1. The molecule has 3 aromatic heterocycles. The second-order valence-electron chi connectivity index (χ2n) is 8.42. The third-order valence-corrected chi connectivity index (χ3v) is 6.41. The minimum absolute atomic E-state index is 0.00168. The van der Waals surface area contributed by atoms with Gasteiger partial charge in [-0.2, -0.15) is 14.8 Å². The number of benzene rings is 2. The molecule has 1 aliphatic rings. The van der Waals surface area contributed by atoms with Crippen LogP contribution in [0.1, 0.15) is 30.6 Å². The monoisotopic (exact) mass is 507 g/mol. The van der Waals surface area contributed by atoms with Crippen molar-refractivity contribution >= 4 is 39.4 Å². The SMILES string of the molecule is CCn1nnc([C@H]2O[C@@H](n3cnc4c(NCc5cccc6ccccc56)nc(Cl)nc43)[C@H](O)[C@@H]2O)n1. The van der Waals surface area contributed by atoms with Gasteiger partial charge in [0.15, 0.2) is 29.3 Å². The Labute approximate surface area is 209 Å². The molecule has 3 N–H and O–H groups in total. The van der Waals surface area contributed by atoms with Gasteiger partial charge in [-0.15, -0.1) is 10.2 Å². The Morgan fingerprint density at radius 1 is 1.08 bits per heavy atom. The molecule has 2 aromatic carbocycles. The molecule has 36 heavy (non-hydrogen) atoms. The maximum Gasteiger partial charge on any atom is 0.226 e. The first-order valence-electron chi connectivity index (χ1n) is 11.4. The van der Waals surface area contributed by atoms with Gasteiger partial charge in [0.1, 0.15) is 12.2 Å². The van der Waals surface area contributed by atoms with Gasteiger partial charge in [0, 0.05) is 6.54 Å². The lowest BCUT2D eigenvalue weighted by atomic mass is 10.0. The number of hydrogen-bond acceptors (Lipinski definition) is 10. The van der Waals surface area contributed by atoms with Gasteiger partial charge in [-0.3, -0.25) is 4.57 Å². The average molecular weight is 508 g/mol. The maximum atomic E-state index is 10.8. The van der Waals surface area contributed by atoms with Crippen LogP contribution in [0.4, 0.5) is 5.82 Å². The van der Waals surface area contributed by atoms with Crippen LogP contribution in [0.2, 0.25) is 5.28 Å². The summed E-state index contributed by atoms with van der Waals surface area (Å²) < 4.78 is 7.48. The number of imidazole rings is 1. The molecule has 13 heteroatoms. The van der Waals surface area contributed by atoms with Crippen LogP contribution in [-0.2, 0) is 17.8 Å². The summed E-state index contributed by atoms with van der Waals surface area (Å²) in [7, 11) is 0. The van der Waals surface area contributed by atoms with Gasteiger partial charge in [-0.25, -0.2) is 4.98 Å². The number of aliphatic hydroxyl groups is 2. The van der Waals surface area contributed by atoms with Gasteiger partial charge < -0.3 is 20.3 Å².